The number of anilines is 1. The lowest BCUT2D eigenvalue weighted by Gasteiger charge is -2.17. The number of ketones is 1. The number of nitrogens with zero attached hydrogens (tertiary/aromatic N) is 5. The Kier molecular flexibility index (Phi) is 6.83. The molecule has 2 aromatic carbocycles. The molecular formula is C28H24N6O7. The molecule has 4 aromatic rings. The van der Waals surface area contributed by atoms with E-state index in [4.69, 9.17) is 4.74 Å². The fraction of sp³-hybridized carbons (Fsp3) is 0.250. The maximum absolute atomic E-state index is 12.7. The largest absolute Gasteiger partial charge is 0.388 e. The molecule has 3 amide bonds. The van der Waals surface area contributed by atoms with E-state index >= 15 is 0 Å². The molecular weight excluding hydrogens is 532 g/mol. The van der Waals surface area contributed by atoms with E-state index in [1.807, 2.05) is 0 Å². The quantitative estimate of drug-likeness (QED) is 0.268. The highest BCUT2D eigenvalue weighted by Crippen LogP contribution is 2.34. The number of hydrogen-bond donors (Lipinski definition) is 3. The molecule has 6 rings (SSSR count). The van der Waals surface area contributed by atoms with Crippen LogP contribution in [0.15, 0.2) is 67.3 Å². The second kappa shape index (κ2) is 10.6. The van der Waals surface area contributed by atoms with Gasteiger partial charge >= 0.3 is 0 Å². The summed E-state index contributed by atoms with van der Waals surface area (Å²) in [5, 5.41) is 24.1. The summed E-state index contributed by atoms with van der Waals surface area (Å²) in [4.78, 5) is 63.9. The number of fused-ring (bicyclic) bond motifs is 2. The molecule has 2 aromatic heterocycles. The maximum atomic E-state index is 12.7. The third-order valence-corrected chi connectivity index (χ3v) is 7.16. The maximum Gasteiger partial charge on any atom is 0.261 e. The Balaban J connectivity index is 1.12. The smallest absolute Gasteiger partial charge is 0.261 e. The normalized spacial score (nSPS) is 21.9. The van der Waals surface area contributed by atoms with E-state index in [1.165, 1.54) is 29.4 Å². The second-order valence-corrected chi connectivity index (χ2v) is 9.73. The molecule has 2 aliphatic rings. The van der Waals surface area contributed by atoms with Crippen molar-refractivity contribution in [3.8, 4) is 0 Å². The summed E-state index contributed by atoms with van der Waals surface area (Å²) in [6.07, 6.45) is -2.18. The molecule has 13 nitrogen and oxygen atoms in total. The van der Waals surface area contributed by atoms with Crippen LogP contribution in [0.25, 0.3) is 11.2 Å². The first kappa shape index (κ1) is 26.4. The van der Waals surface area contributed by atoms with Gasteiger partial charge in [0.15, 0.2) is 29.0 Å². The van der Waals surface area contributed by atoms with Crippen LogP contribution in [-0.4, -0.2) is 83.0 Å². The van der Waals surface area contributed by atoms with Gasteiger partial charge in [-0.25, -0.2) is 15.0 Å². The first-order valence-electron chi connectivity index (χ1n) is 12.9. The van der Waals surface area contributed by atoms with Gasteiger partial charge in [0.2, 0.25) is 0 Å². The molecule has 1 unspecified atom stereocenters. The van der Waals surface area contributed by atoms with Gasteiger partial charge in [0.05, 0.1) is 30.1 Å². The van der Waals surface area contributed by atoms with Crippen LogP contribution < -0.4 is 5.32 Å². The average Bonchev–Trinajstić information content (AvgIpc) is 3.62. The van der Waals surface area contributed by atoms with Gasteiger partial charge < -0.3 is 20.3 Å². The van der Waals surface area contributed by atoms with Gasteiger partial charge in [-0.15, -0.1) is 0 Å². The van der Waals surface area contributed by atoms with Gasteiger partial charge in [0.1, 0.15) is 18.5 Å². The van der Waals surface area contributed by atoms with Gasteiger partial charge in [-0.2, -0.15) is 0 Å². The number of rotatable bonds is 8. The van der Waals surface area contributed by atoms with Crippen LogP contribution in [0.4, 0.5) is 5.82 Å². The van der Waals surface area contributed by atoms with Crippen LogP contribution in [-0.2, 0) is 9.53 Å². The summed E-state index contributed by atoms with van der Waals surface area (Å²) in [6.45, 7) is -0.401. The topological polar surface area (TPSA) is 177 Å². The van der Waals surface area contributed by atoms with Crippen LogP contribution in [0.2, 0.25) is 0 Å². The SMILES string of the molecule is O=C(CC[C@H]1O[C@@H](n2cnc3c(NC(=O)c4ccccc4)ncnc32)C(O)[C@H]1O)CN1C(=O)c2ccccc2C1=O. The van der Waals surface area contributed by atoms with E-state index < -0.39 is 54.6 Å². The molecule has 0 aliphatic carbocycles. The number of imidazole rings is 1. The van der Waals surface area contributed by atoms with Crippen molar-refractivity contribution in [2.24, 2.45) is 0 Å². The van der Waals surface area contributed by atoms with E-state index in [0.29, 0.717) is 5.56 Å². The Bertz CT molecular complexity index is 1640. The molecule has 0 saturated carbocycles. The summed E-state index contributed by atoms with van der Waals surface area (Å²) in [5.41, 5.74) is 1.44. The zero-order valence-corrected chi connectivity index (χ0v) is 21.5. The van der Waals surface area contributed by atoms with E-state index in [0.717, 1.165) is 4.90 Å². The van der Waals surface area contributed by atoms with Crippen molar-refractivity contribution in [2.45, 2.75) is 37.4 Å². The van der Waals surface area contributed by atoms with Gasteiger partial charge in [-0.05, 0) is 30.7 Å². The van der Waals surface area contributed by atoms with Crippen molar-refractivity contribution in [1.82, 2.24) is 24.4 Å². The summed E-state index contributed by atoms with van der Waals surface area (Å²) in [7, 11) is 0. The lowest BCUT2D eigenvalue weighted by molar-refractivity contribution is -0.120. The Morgan fingerprint density at radius 2 is 1.59 bits per heavy atom. The number of aliphatic hydroxyl groups excluding tert-OH is 2. The number of nitrogens with one attached hydrogen (secondary N) is 1. The third kappa shape index (κ3) is 4.75. The van der Waals surface area contributed by atoms with Gasteiger partial charge in [-0.3, -0.25) is 28.6 Å². The van der Waals surface area contributed by atoms with Crippen LogP contribution in [0, 0.1) is 0 Å². The Labute approximate surface area is 232 Å². The van der Waals surface area contributed by atoms with Gasteiger partial charge in [0, 0.05) is 12.0 Å². The summed E-state index contributed by atoms with van der Waals surface area (Å²) in [5.74, 6) is -1.68. The summed E-state index contributed by atoms with van der Waals surface area (Å²) < 4.78 is 7.34. The molecule has 0 spiro atoms. The van der Waals surface area contributed by atoms with E-state index in [2.05, 4.69) is 20.3 Å². The van der Waals surface area contributed by atoms with E-state index in [9.17, 15) is 29.4 Å². The monoisotopic (exact) mass is 556 g/mol. The molecule has 41 heavy (non-hydrogen) atoms. The lowest BCUT2D eigenvalue weighted by atomic mass is 10.0. The molecule has 13 heteroatoms. The Morgan fingerprint density at radius 3 is 2.29 bits per heavy atom. The summed E-state index contributed by atoms with van der Waals surface area (Å²) >= 11 is 0. The predicted octanol–water partition coefficient (Wildman–Crippen LogP) is 1.34. The zero-order valence-electron chi connectivity index (χ0n) is 21.5. The third-order valence-electron chi connectivity index (χ3n) is 7.16. The number of aliphatic hydroxyl groups is 2. The molecule has 0 bridgehead atoms. The number of ether oxygens (including phenoxy) is 1. The predicted molar refractivity (Wildman–Crippen MR) is 142 cm³/mol. The number of carbonyl (C=O) groups is 4. The number of aromatic nitrogens is 4. The van der Waals surface area contributed by atoms with Crippen molar-refractivity contribution in [2.75, 3.05) is 11.9 Å². The van der Waals surface area contributed by atoms with Crippen molar-refractivity contribution >= 4 is 40.5 Å². The Morgan fingerprint density at radius 1 is 0.902 bits per heavy atom. The number of hydrogen-bond acceptors (Lipinski definition) is 10. The molecule has 1 saturated heterocycles. The minimum absolute atomic E-state index is 0.0384. The molecule has 2 aliphatic heterocycles. The molecule has 3 N–H and O–H groups in total. The zero-order chi connectivity index (χ0) is 28.7. The second-order valence-electron chi connectivity index (χ2n) is 9.73. The minimum atomic E-state index is -1.37. The highest BCUT2D eigenvalue weighted by atomic mass is 16.6. The van der Waals surface area contributed by atoms with Crippen LogP contribution in [0.1, 0.15) is 50.1 Å². The van der Waals surface area contributed by atoms with Crippen molar-refractivity contribution in [3.05, 3.63) is 83.9 Å². The highest BCUT2D eigenvalue weighted by molar-refractivity contribution is 6.22. The summed E-state index contributed by atoms with van der Waals surface area (Å²) in [6, 6.07) is 14.9. The molecule has 4 atom stereocenters. The number of imide groups is 1. The first-order valence-corrected chi connectivity index (χ1v) is 12.9. The van der Waals surface area contributed by atoms with Crippen molar-refractivity contribution < 1.29 is 34.1 Å². The first-order chi connectivity index (χ1) is 19.8. The molecule has 0 radical (unpaired) electrons. The van der Waals surface area contributed by atoms with Crippen LogP contribution in [0.3, 0.4) is 0 Å². The van der Waals surface area contributed by atoms with Crippen molar-refractivity contribution in [3.63, 3.8) is 0 Å². The molecule has 208 valence electrons. The number of carbonyl (C=O) groups excluding carboxylic acids is 4. The van der Waals surface area contributed by atoms with Crippen LogP contribution >= 0.6 is 0 Å². The standard InChI is InChI=1S/C28H24N6O7/c35-16(12-33-26(39)17-8-4-5-9-18(17)27(33)40)10-11-19-21(36)22(37)28(41-19)34-14-31-20-23(29-13-30-24(20)34)32-25(38)15-6-2-1-3-7-15/h1-9,13-14,19,21-22,28,36-37H,10-12H2,(H,29,30,32,38)/t19-,21+,22?,28-/m1/s1. The van der Waals surface area contributed by atoms with E-state index in [-0.39, 0.29) is 41.0 Å². The minimum Gasteiger partial charge on any atom is -0.388 e. The average molecular weight is 557 g/mol. The van der Waals surface area contributed by atoms with Crippen molar-refractivity contribution in [1.29, 1.82) is 0 Å². The lowest BCUT2D eigenvalue weighted by Crippen LogP contribution is -2.36. The number of Topliss-reactive ketones (excluding diaryl/α,β-unsaturated/α-hetero) is 1. The van der Waals surface area contributed by atoms with Crippen LogP contribution in [0.5, 0.6) is 0 Å². The highest BCUT2D eigenvalue weighted by Gasteiger charge is 2.44. The molecule has 1 fully saturated rings. The van der Waals surface area contributed by atoms with Gasteiger partial charge in [-0.1, -0.05) is 30.3 Å². The molecule has 4 heterocycles. The number of amides is 3. The fourth-order valence-corrected chi connectivity index (χ4v) is 5.04. The number of benzene rings is 2. The Hall–Kier alpha value is -4.85. The fourth-order valence-electron chi connectivity index (χ4n) is 5.04. The van der Waals surface area contributed by atoms with Gasteiger partial charge in [0.25, 0.3) is 17.7 Å². The van der Waals surface area contributed by atoms with E-state index in [1.54, 1.807) is 42.5 Å².